The van der Waals surface area contributed by atoms with Crippen LogP contribution in [0.3, 0.4) is 0 Å². The van der Waals surface area contributed by atoms with Crippen molar-refractivity contribution in [2.24, 2.45) is 5.92 Å². The monoisotopic (exact) mass is 494 g/mol. The molecule has 1 saturated heterocycles. The van der Waals surface area contributed by atoms with Crippen molar-refractivity contribution >= 4 is 51.7 Å². The van der Waals surface area contributed by atoms with E-state index in [0.29, 0.717) is 27.2 Å². The number of anilines is 1. The number of aryl methyl sites for hydroxylation is 1. The third kappa shape index (κ3) is 4.91. The van der Waals surface area contributed by atoms with Crippen LogP contribution in [-0.2, 0) is 4.79 Å². The molecule has 3 aromatic rings. The van der Waals surface area contributed by atoms with Crippen molar-refractivity contribution in [3.8, 4) is 0 Å². The lowest BCUT2D eigenvalue weighted by Crippen LogP contribution is -2.31. The molecule has 1 aliphatic rings. The van der Waals surface area contributed by atoms with Gasteiger partial charge in [-0.3, -0.25) is 18.9 Å². The van der Waals surface area contributed by atoms with Gasteiger partial charge >= 0.3 is 0 Å². The molecular weight excluding hydrogens is 468 g/mol. The molecule has 0 bridgehead atoms. The predicted octanol–water partition coefficient (Wildman–Crippen LogP) is 4.01. The summed E-state index contributed by atoms with van der Waals surface area (Å²) in [6.45, 7) is 6.58. The largest absolute Gasteiger partial charge is 0.387 e. The SMILES string of the molecule is Cc1cccn2c(=O)c(/C=C3\SC(=S)N(CC(C)C)C3=O)c(NCC(O)c3ccccc3)nc12. The fourth-order valence-corrected chi connectivity index (χ4v) is 4.97. The van der Waals surface area contributed by atoms with Gasteiger partial charge in [-0.25, -0.2) is 4.98 Å². The van der Waals surface area contributed by atoms with Crippen molar-refractivity contribution in [2.45, 2.75) is 26.9 Å². The van der Waals surface area contributed by atoms with Crippen molar-refractivity contribution in [3.63, 3.8) is 0 Å². The minimum atomic E-state index is -0.796. The van der Waals surface area contributed by atoms with Gasteiger partial charge in [0.15, 0.2) is 0 Å². The molecule has 1 fully saturated rings. The zero-order valence-corrected chi connectivity index (χ0v) is 20.8. The number of thiocarbonyl (C=S) groups is 1. The van der Waals surface area contributed by atoms with Crippen molar-refractivity contribution in [1.82, 2.24) is 14.3 Å². The number of rotatable bonds is 7. The summed E-state index contributed by atoms with van der Waals surface area (Å²) in [7, 11) is 0. The van der Waals surface area contributed by atoms with Gasteiger partial charge in [0.1, 0.15) is 15.8 Å². The maximum Gasteiger partial charge on any atom is 0.267 e. The van der Waals surface area contributed by atoms with E-state index in [-0.39, 0.29) is 29.5 Å². The molecular formula is C25H26N4O3S2. The first-order valence-electron chi connectivity index (χ1n) is 11.0. The Morgan fingerprint density at radius 2 is 1.91 bits per heavy atom. The molecule has 0 radical (unpaired) electrons. The number of pyridine rings is 1. The van der Waals surface area contributed by atoms with E-state index in [1.165, 1.54) is 16.2 Å². The third-order valence-corrected chi connectivity index (χ3v) is 6.81. The van der Waals surface area contributed by atoms with Crippen LogP contribution in [0.2, 0.25) is 0 Å². The normalized spacial score (nSPS) is 16.1. The van der Waals surface area contributed by atoms with Gasteiger partial charge in [0.05, 0.1) is 16.6 Å². The summed E-state index contributed by atoms with van der Waals surface area (Å²) in [6, 6.07) is 12.9. The van der Waals surface area contributed by atoms with Crippen LogP contribution >= 0.6 is 24.0 Å². The average molecular weight is 495 g/mol. The molecule has 34 heavy (non-hydrogen) atoms. The number of benzene rings is 1. The molecule has 1 unspecified atom stereocenters. The summed E-state index contributed by atoms with van der Waals surface area (Å²) in [5.74, 6) is 0.352. The van der Waals surface area contributed by atoms with Crippen LogP contribution in [-0.4, -0.2) is 42.7 Å². The van der Waals surface area contributed by atoms with Crippen molar-refractivity contribution in [1.29, 1.82) is 0 Å². The van der Waals surface area contributed by atoms with Gasteiger partial charge in [0.25, 0.3) is 11.5 Å². The van der Waals surface area contributed by atoms with E-state index in [1.54, 1.807) is 23.2 Å². The number of amides is 1. The first kappa shape index (κ1) is 24.1. The van der Waals surface area contributed by atoms with Crippen LogP contribution in [0.4, 0.5) is 5.82 Å². The van der Waals surface area contributed by atoms with Crippen LogP contribution in [0.5, 0.6) is 0 Å². The smallest absolute Gasteiger partial charge is 0.267 e. The molecule has 1 aromatic carbocycles. The van der Waals surface area contributed by atoms with Crippen LogP contribution in [0.1, 0.15) is 36.6 Å². The van der Waals surface area contributed by atoms with E-state index in [9.17, 15) is 14.7 Å². The third-order valence-electron chi connectivity index (χ3n) is 5.43. The molecule has 0 spiro atoms. The lowest BCUT2D eigenvalue weighted by atomic mass is 10.1. The highest BCUT2D eigenvalue weighted by atomic mass is 32.2. The molecule has 2 aromatic heterocycles. The second kappa shape index (κ2) is 10.1. The van der Waals surface area contributed by atoms with Gasteiger partial charge in [-0.2, -0.15) is 0 Å². The number of thioether (sulfide) groups is 1. The minimum absolute atomic E-state index is 0.146. The number of fused-ring (bicyclic) bond motifs is 1. The lowest BCUT2D eigenvalue weighted by molar-refractivity contribution is -0.122. The Hall–Kier alpha value is -3.01. The molecule has 9 heteroatoms. The standard InChI is InChI=1S/C25H26N4O3S2/c1-15(2)14-29-24(32)20(34-25(29)33)12-18-21(26-13-19(30)17-9-5-4-6-10-17)27-22-16(3)8-7-11-28(22)23(18)31/h4-12,15,19,26,30H,13-14H2,1-3H3/b20-12-. The summed E-state index contributed by atoms with van der Waals surface area (Å²) in [5.41, 5.74) is 2.03. The number of carbonyl (C=O) groups is 1. The lowest BCUT2D eigenvalue weighted by Gasteiger charge is -2.16. The van der Waals surface area contributed by atoms with Gasteiger partial charge in [-0.1, -0.05) is 74.2 Å². The van der Waals surface area contributed by atoms with Crippen molar-refractivity contribution in [2.75, 3.05) is 18.4 Å². The topological polar surface area (TPSA) is 86.9 Å². The van der Waals surface area contributed by atoms with E-state index in [2.05, 4.69) is 10.3 Å². The Balaban J connectivity index is 1.75. The van der Waals surface area contributed by atoms with E-state index in [0.717, 1.165) is 11.1 Å². The first-order chi connectivity index (χ1) is 16.3. The number of aliphatic hydroxyl groups excluding tert-OH is 1. The van der Waals surface area contributed by atoms with Gasteiger partial charge < -0.3 is 10.4 Å². The summed E-state index contributed by atoms with van der Waals surface area (Å²) >= 11 is 6.59. The maximum absolute atomic E-state index is 13.5. The first-order valence-corrected chi connectivity index (χ1v) is 12.2. The fourth-order valence-electron chi connectivity index (χ4n) is 3.72. The van der Waals surface area contributed by atoms with Crippen LogP contribution in [0.15, 0.2) is 58.4 Å². The highest BCUT2D eigenvalue weighted by Crippen LogP contribution is 2.33. The highest BCUT2D eigenvalue weighted by molar-refractivity contribution is 8.26. The Bertz CT molecular complexity index is 1340. The molecule has 0 aliphatic carbocycles. The van der Waals surface area contributed by atoms with Gasteiger partial charge in [0.2, 0.25) is 0 Å². The quantitative estimate of drug-likeness (QED) is 0.379. The van der Waals surface area contributed by atoms with Crippen molar-refractivity contribution in [3.05, 3.63) is 80.6 Å². The maximum atomic E-state index is 13.5. The number of hydrogen-bond acceptors (Lipinski definition) is 7. The molecule has 1 amide bonds. The van der Waals surface area contributed by atoms with Crippen LogP contribution in [0, 0.1) is 12.8 Å². The van der Waals surface area contributed by atoms with Gasteiger partial charge in [0, 0.05) is 19.3 Å². The molecule has 176 valence electrons. The summed E-state index contributed by atoms with van der Waals surface area (Å²) in [6.07, 6.45) is 2.41. The Morgan fingerprint density at radius 1 is 1.18 bits per heavy atom. The number of nitrogens with one attached hydrogen (secondary N) is 1. The summed E-state index contributed by atoms with van der Waals surface area (Å²) in [5, 5.41) is 13.7. The van der Waals surface area contributed by atoms with E-state index in [4.69, 9.17) is 12.2 Å². The molecule has 3 heterocycles. The minimum Gasteiger partial charge on any atom is -0.387 e. The zero-order valence-electron chi connectivity index (χ0n) is 19.2. The Kier molecular flexibility index (Phi) is 7.16. The van der Waals surface area contributed by atoms with Crippen LogP contribution < -0.4 is 10.9 Å². The number of nitrogens with zero attached hydrogens (tertiary/aromatic N) is 3. The molecule has 2 N–H and O–H groups in total. The van der Waals surface area contributed by atoms with Gasteiger partial charge in [-0.15, -0.1) is 0 Å². The summed E-state index contributed by atoms with van der Waals surface area (Å²) in [4.78, 5) is 33.1. The second-order valence-electron chi connectivity index (χ2n) is 8.56. The predicted molar refractivity (Wildman–Crippen MR) is 141 cm³/mol. The fraction of sp³-hybridized carbons (Fsp3) is 0.280. The molecule has 7 nitrogen and oxygen atoms in total. The number of hydrogen-bond donors (Lipinski definition) is 2. The highest BCUT2D eigenvalue weighted by Gasteiger charge is 2.33. The van der Waals surface area contributed by atoms with E-state index in [1.807, 2.05) is 57.2 Å². The van der Waals surface area contributed by atoms with Crippen molar-refractivity contribution < 1.29 is 9.90 Å². The summed E-state index contributed by atoms with van der Waals surface area (Å²) < 4.78 is 1.94. The van der Waals surface area contributed by atoms with Crippen LogP contribution in [0.25, 0.3) is 11.7 Å². The Labute approximate surface area is 207 Å². The molecule has 4 rings (SSSR count). The van der Waals surface area contributed by atoms with E-state index < -0.39 is 6.10 Å². The number of aliphatic hydroxyl groups is 1. The average Bonchev–Trinajstić information content (AvgIpc) is 3.07. The number of carbonyl (C=O) groups excluding carboxylic acids is 1. The Morgan fingerprint density at radius 3 is 2.62 bits per heavy atom. The van der Waals surface area contributed by atoms with E-state index >= 15 is 0 Å². The second-order valence-corrected chi connectivity index (χ2v) is 10.2. The molecule has 0 saturated carbocycles. The molecule has 1 atom stereocenters. The molecule has 1 aliphatic heterocycles. The zero-order chi connectivity index (χ0) is 24.4. The number of aromatic nitrogens is 2. The van der Waals surface area contributed by atoms with Gasteiger partial charge in [-0.05, 0) is 36.1 Å².